The maximum atomic E-state index is 14.5. The van der Waals surface area contributed by atoms with E-state index in [2.05, 4.69) is 20.7 Å². The van der Waals surface area contributed by atoms with Crippen molar-refractivity contribution >= 4 is 37.1 Å². The summed E-state index contributed by atoms with van der Waals surface area (Å²) in [4.78, 5) is 0. The summed E-state index contributed by atoms with van der Waals surface area (Å²) in [6.07, 6.45) is 0. The fourth-order valence-electron chi connectivity index (χ4n) is 2.07. The van der Waals surface area contributed by atoms with Crippen molar-refractivity contribution < 1.29 is 17.4 Å². The van der Waals surface area contributed by atoms with Crippen LogP contribution >= 0.6 is 15.9 Å². The van der Waals surface area contributed by atoms with Gasteiger partial charge in [0.25, 0.3) is 0 Å². The molecule has 5 nitrogen and oxygen atoms in total. The van der Waals surface area contributed by atoms with E-state index in [1.54, 1.807) is 26.8 Å². The summed E-state index contributed by atoms with van der Waals surface area (Å²) in [5.41, 5.74) is -1.44. The van der Waals surface area contributed by atoms with Crippen LogP contribution in [-0.4, -0.2) is 28.2 Å². The van der Waals surface area contributed by atoms with Crippen LogP contribution in [0.2, 0.25) is 0 Å². The molecule has 1 aromatic rings. The first-order chi connectivity index (χ1) is 11.6. The third kappa shape index (κ3) is 5.20. The van der Waals surface area contributed by atoms with E-state index < -0.39 is 47.8 Å². The second-order valence-electron chi connectivity index (χ2n) is 7.82. The van der Waals surface area contributed by atoms with Crippen molar-refractivity contribution in [3.05, 3.63) is 34.1 Å². The molecule has 0 amide bonds. The molecular formula is C17H24BrFN2O3S2. The van der Waals surface area contributed by atoms with Crippen molar-refractivity contribution in [2.75, 3.05) is 5.75 Å². The molecule has 146 valence electrons. The number of hydrogen-bond donors (Lipinski definition) is 1. The fourth-order valence-corrected chi connectivity index (χ4v) is 4.91. The van der Waals surface area contributed by atoms with Crippen LogP contribution in [0.1, 0.15) is 47.1 Å². The lowest BCUT2D eigenvalue weighted by Crippen LogP contribution is -2.55. The molecule has 0 bridgehead atoms. The van der Waals surface area contributed by atoms with Gasteiger partial charge in [0.1, 0.15) is 16.1 Å². The van der Waals surface area contributed by atoms with Gasteiger partial charge < -0.3 is 4.55 Å². The van der Waals surface area contributed by atoms with E-state index in [1.807, 2.05) is 0 Å². The maximum absolute atomic E-state index is 14.5. The Bertz CT molecular complexity index is 816. The Morgan fingerprint density at radius 3 is 2.27 bits per heavy atom. The maximum Gasteiger partial charge on any atom is 0.171 e. The van der Waals surface area contributed by atoms with Gasteiger partial charge in [0.05, 0.1) is 11.8 Å². The lowest BCUT2D eigenvalue weighted by molar-refractivity contribution is 0.431. The Hall–Kier alpha value is -0.660. The van der Waals surface area contributed by atoms with Crippen LogP contribution in [0.5, 0.6) is 0 Å². The molecule has 0 radical (unpaired) electrons. The molecule has 26 heavy (non-hydrogen) atoms. The first kappa shape index (κ1) is 23.4. The van der Waals surface area contributed by atoms with Gasteiger partial charge >= 0.3 is 0 Å². The number of benzene rings is 1. The SMILES string of the molecule is CC(C)(C)[S+]([O-])N[C@](C)(CS(=O)(=O)C(C)(C)C#N)c1cc(Br)ccc1F. The standard InChI is InChI=1S/C17H24BrFN2O3S2/c1-15(2,3)25(22)21-17(6,11-26(23,24)16(4,5)10-20)13-9-12(18)7-8-14(13)19/h7-9,21H,11H2,1-6H3/t17-,25?/m1/s1. The molecule has 0 saturated heterocycles. The zero-order chi connectivity index (χ0) is 20.6. The fraction of sp³-hybridized carbons (Fsp3) is 0.588. The zero-order valence-electron chi connectivity index (χ0n) is 15.7. The molecule has 1 aromatic carbocycles. The number of nitriles is 1. The van der Waals surface area contributed by atoms with E-state index in [0.717, 1.165) is 0 Å². The van der Waals surface area contributed by atoms with Gasteiger partial charge in [-0.2, -0.15) is 5.26 Å². The molecule has 1 unspecified atom stereocenters. The lowest BCUT2D eigenvalue weighted by atomic mass is 9.95. The molecule has 9 heteroatoms. The minimum Gasteiger partial charge on any atom is -0.598 e. The second kappa shape index (κ2) is 7.76. The molecule has 0 aliphatic rings. The van der Waals surface area contributed by atoms with E-state index in [-0.39, 0.29) is 5.56 Å². The Morgan fingerprint density at radius 2 is 1.81 bits per heavy atom. The number of sulfone groups is 1. The van der Waals surface area contributed by atoms with Crippen molar-refractivity contribution in [1.82, 2.24) is 4.72 Å². The highest BCUT2D eigenvalue weighted by molar-refractivity contribution is 9.10. The highest BCUT2D eigenvalue weighted by Gasteiger charge is 2.46. The number of nitrogens with zero attached hydrogens (tertiary/aromatic N) is 1. The summed E-state index contributed by atoms with van der Waals surface area (Å²) >= 11 is 1.59. The van der Waals surface area contributed by atoms with Gasteiger partial charge in [0.2, 0.25) is 0 Å². The summed E-state index contributed by atoms with van der Waals surface area (Å²) in [6.45, 7) is 9.23. The third-order valence-corrected chi connectivity index (χ3v) is 8.77. The third-order valence-electron chi connectivity index (χ3n) is 3.92. The molecular weight excluding hydrogens is 443 g/mol. The quantitative estimate of drug-likeness (QED) is 0.646. The van der Waals surface area contributed by atoms with Gasteiger partial charge in [-0.05, 0) is 59.7 Å². The Kier molecular flexibility index (Phi) is 6.98. The molecule has 0 aliphatic carbocycles. The molecule has 0 fully saturated rings. The zero-order valence-corrected chi connectivity index (χ0v) is 18.9. The Balaban J connectivity index is 3.54. The van der Waals surface area contributed by atoms with E-state index in [0.29, 0.717) is 4.47 Å². The average Bonchev–Trinajstić information content (AvgIpc) is 2.47. The van der Waals surface area contributed by atoms with Crippen LogP contribution in [0.3, 0.4) is 0 Å². The predicted octanol–water partition coefficient (Wildman–Crippen LogP) is 3.57. The molecule has 0 saturated carbocycles. The van der Waals surface area contributed by atoms with Crippen LogP contribution < -0.4 is 4.72 Å². The summed E-state index contributed by atoms with van der Waals surface area (Å²) in [5.74, 6) is -1.21. The normalized spacial score (nSPS) is 16.6. The van der Waals surface area contributed by atoms with Crippen molar-refractivity contribution in [3.63, 3.8) is 0 Å². The molecule has 0 spiro atoms. The van der Waals surface area contributed by atoms with E-state index in [1.165, 1.54) is 39.0 Å². The summed E-state index contributed by atoms with van der Waals surface area (Å²) < 4.78 is 53.8. The molecule has 0 aromatic heterocycles. The number of hydrogen-bond acceptors (Lipinski definition) is 5. The largest absolute Gasteiger partial charge is 0.598 e. The summed E-state index contributed by atoms with van der Waals surface area (Å²) in [7, 11) is -3.98. The first-order valence-corrected chi connectivity index (χ1v) is 11.4. The summed E-state index contributed by atoms with van der Waals surface area (Å²) in [6, 6.07) is 5.93. The van der Waals surface area contributed by atoms with Gasteiger partial charge in [-0.3, -0.25) is 0 Å². The van der Waals surface area contributed by atoms with Crippen molar-refractivity contribution in [2.45, 2.75) is 56.6 Å². The molecule has 2 atom stereocenters. The topological polar surface area (TPSA) is 93.0 Å². The first-order valence-electron chi connectivity index (χ1n) is 7.84. The van der Waals surface area contributed by atoms with Crippen LogP contribution in [0.25, 0.3) is 0 Å². The monoisotopic (exact) mass is 466 g/mol. The molecule has 1 N–H and O–H groups in total. The Labute approximate surface area is 166 Å². The molecule has 0 aliphatic heterocycles. The second-order valence-corrected chi connectivity index (χ2v) is 13.2. The average molecular weight is 467 g/mol. The molecule has 0 heterocycles. The highest BCUT2D eigenvalue weighted by Crippen LogP contribution is 2.33. The lowest BCUT2D eigenvalue weighted by Gasteiger charge is -2.36. The van der Waals surface area contributed by atoms with E-state index in [9.17, 15) is 22.6 Å². The van der Waals surface area contributed by atoms with Crippen molar-refractivity contribution in [2.24, 2.45) is 0 Å². The van der Waals surface area contributed by atoms with Crippen LogP contribution in [0.15, 0.2) is 22.7 Å². The Morgan fingerprint density at radius 1 is 1.27 bits per heavy atom. The van der Waals surface area contributed by atoms with Crippen molar-refractivity contribution in [1.29, 1.82) is 5.26 Å². The number of rotatable bonds is 6. The van der Waals surface area contributed by atoms with Crippen LogP contribution in [0, 0.1) is 17.1 Å². The highest BCUT2D eigenvalue weighted by atomic mass is 79.9. The minimum atomic E-state index is -3.98. The van der Waals surface area contributed by atoms with Gasteiger partial charge in [-0.15, -0.1) is 4.72 Å². The van der Waals surface area contributed by atoms with E-state index >= 15 is 0 Å². The molecule has 1 rings (SSSR count). The smallest absolute Gasteiger partial charge is 0.171 e. The predicted molar refractivity (Wildman–Crippen MR) is 106 cm³/mol. The minimum absolute atomic E-state index is 0.0572. The van der Waals surface area contributed by atoms with Gasteiger partial charge in [-0.1, -0.05) is 15.9 Å². The summed E-state index contributed by atoms with van der Waals surface area (Å²) in [5, 5.41) is 9.22. The number of nitrogens with one attached hydrogen (secondary N) is 1. The van der Waals surface area contributed by atoms with Crippen LogP contribution in [-0.2, 0) is 26.7 Å². The van der Waals surface area contributed by atoms with E-state index in [4.69, 9.17) is 0 Å². The van der Waals surface area contributed by atoms with Gasteiger partial charge in [-0.25, -0.2) is 12.8 Å². The van der Waals surface area contributed by atoms with Crippen molar-refractivity contribution in [3.8, 4) is 6.07 Å². The van der Waals surface area contributed by atoms with Gasteiger partial charge in [0.15, 0.2) is 14.6 Å². The van der Waals surface area contributed by atoms with Crippen LogP contribution in [0.4, 0.5) is 4.39 Å². The van der Waals surface area contributed by atoms with Gasteiger partial charge in [0, 0.05) is 21.4 Å². The number of halogens is 2.